The zero-order valence-corrected chi connectivity index (χ0v) is 13.0. The highest BCUT2D eigenvalue weighted by Gasteiger charge is 2.38. The van der Waals surface area contributed by atoms with Crippen molar-refractivity contribution in [3.63, 3.8) is 0 Å². The van der Waals surface area contributed by atoms with E-state index in [1.165, 1.54) is 4.90 Å². The van der Waals surface area contributed by atoms with Crippen molar-refractivity contribution in [2.75, 3.05) is 31.1 Å². The lowest BCUT2D eigenvalue weighted by Crippen LogP contribution is -2.56. The van der Waals surface area contributed by atoms with Crippen molar-refractivity contribution >= 4 is 21.8 Å². The molecule has 0 bridgehead atoms. The van der Waals surface area contributed by atoms with E-state index >= 15 is 0 Å². The van der Waals surface area contributed by atoms with Crippen molar-refractivity contribution in [3.8, 4) is 0 Å². The molecular formula is C13H22N2O5S. The Labute approximate surface area is 124 Å². The lowest BCUT2D eigenvalue weighted by Gasteiger charge is -2.38. The molecule has 2 aliphatic rings. The fourth-order valence-electron chi connectivity index (χ4n) is 2.65. The molecule has 0 spiro atoms. The quantitative estimate of drug-likeness (QED) is 0.792. The summed E-state index contributed by atoms with van der Waals surface area (Å²) in [5, 5.41) is 8.94. The standard InChI is InChI=1S/C13H22N2O5S/c1-2-14(8-10-3-4-10)13(18)15-5-6-21(19,20)9-11(15)7-12(16)17/h10-11H,2-9H2,1H3,(H,16,17). The number of sulfone groups is 1. The van der Waals surface area contributed by atoms with Crippen LogP contribution in [-0.4, -0.2) is 72.5 Å². The number of nitrogens with zero attached hydrogens (tertiary/aromatic N) is 2. The van der Waals surface area contributed by atoms with Crippen molar-refractivity contribution < 1.29 is 23.1 Å². The fourth-order valence-corrected chi connectivity index (χ4v) is 4.17. The van der Waals surface area contributed by atoms with Crippen LogP contribution in [0.15, 0.2) is 0 Å². The molecule has 1 atom stereocenters. The topological polar surface area (TPSA) is 95.0 Å². The largest absolute Gasteiger partial charge is 0.481 e. The van der Waals surface area contributed by atoms with Gasteiger partial charge in [-0.3, -0.25) is 4.79 Å². The summed E-state index contributed by atoms with van der Waals surface area (Å²) in [5.74, 6) is -0.887. The van der Waals surface area contributed by atoms with Gasteiger partial charge in [0.1, 0.15) is 0 Å². The summed E-state index contributed by atoms with van der Waals surface area (Å²) >= 11 is 0. The molecule has 1 aliphatic heterocycles. The molecule has 2 amide bonds. The highest BCUT2D eigenvalue weighted by atomic mass is 32.2. The molecule has 0 aromatic heterocycles. The van der Waals surface area contributed by atoms with Crippen LogP contribution in [0.25, 0.3) is 0 Å². The van der Waals surface area contributed by atoms with Crippen molar-refractivity contribution in [1.29, 1.82) is 0 Å². The van der Waals surface area contributed by atoms with Crippen LogP contribution in [0, 0.1) is 5.92 Å². The summed E-state index contributed by atoms with van der Waals surface area (Å²) in [6.07, 6.45) is 1.92. The Balaban J connectivity index is 2.09. The first-order valence-electron chi connectivity index (χ1n) is 7.30. The van der Waals surface area contributed by atoms with Crippen LogP contribution in [0.1, 0.15) is 26.2 Å². The third-order valence-electron chi connectivity index (χ3n) is 4.01. The van der Waals surface area contributed by atoms with E-state index in [2.05, 4.69) is 0 Å². The molecule has 21 heavy (non-hydrogen) atoms. The Morgan fingerprint density at radius 1 is 1.33 bits per heavy atom. The highest BCUT2D eigenvalue weighted by molar-refractivity contribution is 7.91. The van der Waals surface area contributed by atoms with Crippen molar-refractivity contribution in [3.05, 3.63) is 0 Å². The molecule has 7 nitrogen and oxygen atoms in total. The van der Waals surface area contributed by atoms with E-state index in [1.54, 1.807) is 4.90 Å². The van der Waals surface area contributed by atoms with Gasteiger partial charge in [0.25, 0.3) is 0 Å². The molecule has 0 aromatic carbocycles. The van der Waals surface area contributed by atoms with Crippen LogP contribution in [0.2, 0.25) is 0 Å². The highest BCUT2D eigenvalue weighted by Crippen LogP contribution is 2.30. The van der Waals surface area contributed by atoms with Gasteiger partial charge in [-0.15, -0.1) is 0 Å². The second-order valence-electron chi connectivity index (χ2n) is 5.82. The van der Waals surface area contributed by atoms with E-state index in [0.717, 1.165) is 12.8 Å². The Kier molecular flexibility index (Phi) is 4.75. The number of carboxylic acids is 1. The smallest absolute Gasteiger partial charge is 0.320 e. The SMILES string of the molecule is CCN(CC1CC1)C(=O)N1CCS(=O)(=O)CC1CC(=O)O. The van der Waals surface area contributed by atoms with Crippen molar-refractivity contribution in [1.82, 2.24) is 9.80 Å². The fraction of sp³-hybridized carbons (Fsp3) is 0.846. The van der Waals surface area contributed by atoms with Crippen LogP contribution in [0.3, 0.4) is 0 Å². The summed E-state index contributed by atoms with van der Waals surface area (Å²) < 4.78 is 23.4. The van der Waals surface area contributed by atoms with E-state index < -0.39 is 21.8 Å². The molecule has 2 rings (SSSR count). The van der Waals surface area contributed by atoms with Gasteiger partial charge in [-0.05, 0) is 25.7 Å². The number of amides is 2. The summed E-state index contributed by atoms with van der Waals surface area (Å²) in [7, 11) is -3.26. The van der Waals surface area contributed by atoms with Gasteiger partial charge in [0, 0.05) is 19.6 Å². The molecule has 0 radical (unpaired) electrons. The minimum absolute atomic E-state index is 0.0836. The maximum atomic E-state index is 12.6. The predicted molar refractivity (Wildman–Crippen MR) is 76.8 cm³/mol. The molecule has 0 aromatic rings. The molecule has 1 heterocycles. The Morgan fingerprint density at radius 3 is 2.52 bits per heavy atom. The van der Waals surface area contributed by atoms with E-state index in [1.807, 2.05) is 6.92 Å². The van der Waals surface area contributed by atoms with Gasteiger partial charge in [0.15, 0.2) is 9.84 Å². The predicted octanol–water partition coefficient (Wildman–Crippen LogP) is 0.412. The maximum Gasteiger partial charge on any atom is 0.320 e. The number of rotatable bonds is 5. The van der Waals surface area contributed by atoms with Gasteiger partial charge in [-0.1, -0.05) is 0 Å². The number of carboxylic acid groups (broad SMARTS) is 1. The number of urea groups is 1. The van der Waals surface area contributed by atoms with Gasteiger partial charge in [0.2, 0.25) is 0 Å². The van der Waals surface area contributed by atoms with E-state index in [4.69, 9.17) is 5.11 Å². The van der Waals surface area contributed by atoms with Crippen LogP contribution in [0.5, 0.6) is 0 Å². The molecule has 120 valence electrons. The molecule has 1 N–H and O–H groups in total. The average molecular weight is 318 g/mol. The first kappa shape index (κ1) is 16.1. The van der Waals surface area contributed by atoms with Gasteiger partial charge in [-0.25, -0.2) is 13.2 Å². The van der Waals surface area contributed by atoms with Crippen LogP contribution in [-0.2, 0) is 14.6 Å². The molecule has 1 aliphatic carbocycles. The number of hydrogen-bond acceptors (Lipinski definition) is 4. The van der Waals surface area contributed by atoms with Gasteiger partial charge in [-0.2, -0.15) is 0 Å². The lowest BCUT2D eigenvalue weighted by molar-refractivity contribution is -0.138. The van der Waals surface area contributed by atoms with Crippen molar-refractivity contribution in [2.45, 2.75) is 32.2 Å². The maximum absolute atomic E-state index is 12.6. The number of aliphatic carboxylic acids is 1. The second-order valence-corrected chi connectivity index (χ2v) is 8.05. The summed E-state index contributed by atoms with van der Waals surface area (Å²) in [5.41, 5.74) is 0. The third-order valence-corrected chi connectivity index (χ3v) is 5.71. The lowest BCUT2D eigenvalue weighted by atomic mass is 10.2. The van der Waals surface area contributed by atoms with E-state index in [9.17, 15) is 18.0 Å². The Hall–Kier alpha value is -1.31. The van der Waals surface area contributed by atoms with E-state index in [0.29, 0.717) is 19.0 Å². The normalized spacial score (nSPS) is 24.6. The van der Waals surface area contributed by atoms with Crippen LogP contribution in [0.4, 0.5) is 4.79 Å². The number of carbonyl (C=O) groups excluding carboxylic acids is 1. The molecule has 1 saturated carbocycles. The van der Waals surface area contributed by atoms with E-state index in [-0.39, 0.29) is 30.5 Å². The third kappa shape index (κ3) is 4.33. The van der Waals surface area contributed by atoms with Crippen molar-refractivity contribution in [2.24, 2.45) is 5.92 Å². The first-order valence-corrected chi connectivity index (χ1v) is 9.12. The summed E-state index contributed by atoms with van der Waals surface area (Å²) in [4.78, 5) is 26.6. The van der Waals surface area contributed by atoms with Crippen LogP contribution < -0.4 is 0 Å². The van der Waals surface area contributed by atoms with Gasteiger partial charge in [0.05, 0.1) is 24.0 Å². The first-order chi connectivity index (χ1) is 9.82. The number of carbonyl (C=O) groups is 2. The Bertz CT molecular complexity index is 515. The minimum Gasteiger partial charge on any atom is -0.481 e. The minimum atomic E-state index is -3.26. The summed E-state index contributed by atoms with van der Waals surface area (Å²) in [6, 6.07) is -0.993. The van der Waals surface area contributed by atoms with Gasteiger partial charge >= 0.3 is 12.0 Å². The Morgan fingerprint density at radius 2 is 2.00 bits per heavy atom. The monoisotopic (exact) mass is 318 g/mol. The zero-order valence-electron chi connectivity index (χ0n) is 12.2. The summed E-state index contributed by atoms with van der Waals surface area (Å²) in [6.45, 7) is 3.20. The van der Waals surface area contributed by atoms with Crippen LogP contribution >= 0.6 is 0 Å². The zero-order chi connectivity index (χ0) is 15.6. The molecule has 1 saturated heterocycles. The molecule has 1 unspecified atom stereocenters. The van der Waals surface area contributed by atoms with Gasteiger partial charge < -0.3 is 14.9 Å². The molecule has 8 heteroatoms. The second kappa shape index (κ2) is 6.21. The average Bonchev–Trinajstić information content (AvgIpc) is 3.17. The number of hydrogen-bond donors (Lipinski definition) is 1. The molecular weight excluding hydrogens is 296 g/mol. The molecule has 2 fully saturated rings.